The Labute approximate surface area is 182 Å². The number of anilines is 3. The molecule has 9 nitrogen and oxygen atoms in total. The van der Waals surface area contributed by atoms with Gasteiger partial charge in [-0.05, 0) is 52.3 Å². The van der Waals surface area contributed by atoms with Gasteiger partial charge in [0.2, 0.25) is 12.0 Å². The number of aliphatic imine (C=N–C) groups is 1. The number of carbonyl (C=O) groups excluding carboxylic acids is 2. The molecule has 0 saturated heterocycles. The molecule has 9 heteroatoms. The minimum Gasteiger partial charge on any atom is -0.458 e. The standard InChI is InChI=1S/C22H30N6O3/c1-6-28(7-2)21-24-13-17(23)19(27-21)26-18(20(30)31-22(3,4)5)12-15-8-10-16(11-9-15)25-14-29/h8-11,13,18H,6-7,12,23H2,1-5H3,(H,24,26,27). The molecule has 1 heterocycles. The number of hydrogen-bond acceptors (Lipinski definition) is 9. The van der Waals surface area contributed by atoms with Crippen molar-refractivity contribution in [3.05, 3.63) is 36.0 Å². The maximum Gasteiger partial charge on any atom is 0.329 e. The molecular formula is C22H30N6O3. The molecule has 1 aromatic carbocycles. The summed E-state index contributed by atoms with van der Waals surface area (Å²) in [5.74, 6) is 0.473. The third-order valence-electron chi connectivity index (χ3n) is 4.40. The minimum absolute atomic E-state index is 0.323. The number of carbonyl (C=O) groups is 1. The van der Waals surface area contributed by atoms with E-state index in [0.29, 0.717) is 29.6 Å². The van der Waals surface area contributed by atoms with Gasteiger partial charge in [-0.15, -0.1) is 0 Å². The van der Waals surface area contributed by atoms with E-state index in [-0.39, 0.29) is 0 Å². The Kier molecular flexibility index (Phi) is 8.10. The Morgan fingerprint density at radius 1 is 1.26 bits per heavy atom. The van der Waals surface area contributed by atoms with Crippen molar-refractivity contribution >= 4 is 35.2 Å². The first kappa shape index (κ1) is 23.8. The molecule has 3 N–H and O–H groups in total. The van der Waals surface area contributed by atoms with E-state index in [1.54, 1.807) is 24.3 Å². The molecule has 0 amide bonds. The van der Waals surface area contributed by atoms with E-state index in [4.69, 9.17) is 10.5 Å². The van der Waals surface area contributed by atoms with Gasteiger partial charge in [0.15, 0.2) is 5.82 Å². The van der Waals surface area contributed by atoms with E-state index in [1.165, 1.54) is 12.3 Å². The van der Waals surface area contributed by atoms with Crippen LogP contribution in [0.3, 0.4) is 0 Å². The lowest BCUT2D eigenvalue weighted by Gasteiger charge is -2.26. The van der Waals surface area contributed by atoms with Crippen LogP contribution in [0.15, 0.2) is 35.5 Å². The van der Waals surface area contributed by atoms with E-state index < -0.39 is 17.6 Å². The van der Waals surface area contributed by atoms with E-state index in [2.05, 4.69) is 20.3 Å². The first-order valence-electron chi connectivity index (χ1n) is 10.2. The molecule has 0 radical (unpaired) electrons. The number of benzene rings is 1. The highest BCUT2D eigenvalue weighted by Crippen LogP contribution is 2.22. The molecule has 0 spiro atoms. The molecule has 0 aliphatic rings. The number of nitrogens with two attached hydrogens (primary N) is 1. The molecule has 1 unspecified atom stereocenters. The number of aromatic nitrogens is 2. The van der Waals surface area contributed by atoms with Gasteiger partial charge in [-0.25, -0.2) is 14.6 Å². The predicted octanol–water partition coefficient (Wildman–Crippen LogP) is 3.24. The molecule has 31 heavy (non-hydrogen) atoms. The molecular weight excluding hydrogens is 396 g/mol. The van der Waals surface area contributed by atoms with Gasteiger partial charge in [0.05, 0.1) is 17.6 Å². The van der Waals surface area contributed by atoms with Gasteiger partial charge in [-0.3, -0.25) is 0 Å². The lowest BCUT2D eigenvalue weighted by Crippen LogP contribution is -2.38. The summed E-state index contributed by atoms with van der Waals surface area (Å²) in [5, 5.41) is 3.14. The Morgan fingerprint density at radius 3 is 2.45 bits per heavy atom. The molecule has 0 aliphatic heterocycles. The molecule has 0 saturated carbocycles. The first-order valence-corrected chi connectivity index (χ1v) is 10.2. The van der Waals surface area contributed by atoms with Gasteiger partial charge in [-0.1, -0.05) is 12.1 Å². The quantitative estimate of drug-likeness (QED) is 0.356. The van der Waals surface area contributed by atoms with Crippen LogP contribution in [0.5, 0.6) is 0 Å². The number of nitrogen functional groups attached to an aromatic ring is 1. The van der Waals surface area contributed by atoms with Crippen molar-refractivity contribution in [1.82, 2.24) is 9.97 Å². The second-order valence-electron chi connectivity index (χ2n) is 7.95. The topological polar surface area (TPSA) is 123 Å². The van der Waals surface area contributed by atoms with Crippen molar-refractivity contribution in [2.75, 3.05) is 29.0 Å². The largest absolute Gasteiger partial charge is 0.458 e. The summed E-state index contributed by atoms with van der Waals surface area (Å²) in [6.07, 6.45) is 3.36. The summed E-state index contributed by atoms with van der Waals surface area (Å²) < 4.78 is 5.60. The second-order valence-corrected chi connectivity index (χ2v) is 7.95. The SMILES string of the molecule is CCN(CC)c1ncc(N)c(NC(Cc2ccc(N=C=O)cc2)C(=O)OC(C)(C)C)n1. The lowest BCUT2D eigenvalue weighted by atomic mass is 10.0. The van der Waals surface area contributed by atoms with E-state index in [1.807, 2.05) is 39.5 Å². The van der Waals surface area contributed by atoms with Gasteiger partial charge in [-0.2, -0.15) is 9.98 Å². The van der Waals surface area contributed by atoms with Crippen LogP contribution in [-0.2, 0) is 20.7 Å². The van der Waals surface area contributed by atoms with Gasteiger partial charge < -0.3 is 20.7 Å². The Balaban J connectivity index is 2.33. The number of ether oxygens (including phenoxy) is 1. The van der Waals surface area contributed by atoms with Crippen LogP contribution >= 0.6 is 0 Å². The van der Waals surface area contributed by atoms with Crippen LogP contribution in [0.25, 0.3) is 0 Å². The fourth-order valence-electron chi connectivity index (χ4n) is 2.88. The Bertz CT molecular complexity index is 929. The highest BCUT2D eigenvalue weighted by molar-refractivity contribution is 5.81. The molecule has 0 bridgehead atoms. The minimum atomic E-state index is -0.735. The van der Waals surface area contributed by atoms with Gasteiger partial charge >= 0.3 is 5.97 Å². The smallest absolute Gasteiger partial charge is 0.329 e. The lowest BCUT2D eigenvalue weighted by molar-refractivity contribution is -0.155. The zero-order valence-corrected chi connectivity index (χ0v) is 18.7. The van der Waals surface area contributed by atoms with Crippen molar-refractivity contribution in [2.45, 2.75) is 52.7 Å². The predicted molar refractivity (Wildman–Crippen MR) is 121 cm³/mol. The van der Waals surface area contributed by atoms with Crippen LogP contribution < -0.4 is 16.0 Å². The Morgan fingerprint density at radius 2 is 1.90 bits per heavy atom. The number of rotatable bonds is 9. The number of nitrogens with zero attached hydrogens (tertiary/aromatic N) is 4. The van der Waals surface area contributed by atoms with Gasteiger partial charge in [0.25, 0.3) is 0 Å². The number of nitrogens with one attached hydrogen (secondary N) is 1. The van der Waals surface area contributed by atoms with Crippen LogP contribution in [-0.4, -0.2) is 46.7 Å². The zero-order chi connectivity index (χ0) is 23.0. The van der Waals surface area contributed by atoms with Crippen LogP contribution in [0.1, 0.15) is 40.2 Å². The summed E-state index contributed by atoms with van der Waals surface area (Å²) in [7, 11) is 0. The van der Waals surface area contributed by atoms with Gasteiger partial charge in [0.1, 0.15) is 11.6 Å². The van der Waals surface area contributed by atoms with E-state index in [0.717, 1.165) is 18.7 Å². The summed E-state index contributed by atoms with van der Waals surface area (Å²) in [6.45, 7) is 10.9. The van der Waals surface area contributed by atoms with Crippen LogP contribution in [0.4, 0.5) is 23.1 Å². The molecule has 1 aromatic heterocycles. The van der Waals surface area contributed by atoms with Crippen molar-refractivity contribution in [3.8, 4) is 0 Å². The summed E-state index contributed by atoms with van der Waals surface area (Å²) >= 11 is 0. The maximum absolute atomic E-state index is 12.9. The third-order valence-corrected chi connectivity index (χ3v) is 4.40. The van der Waals surface area contributed by atoms with Crippen LogP contribution in [0, 0.1) is 0 Å². The summed E-state index contributed by atoms with van der Waals surface area (Å²) in [6, 6.07) is 6.22. The van der Waals surface area contributed by atoms with Crippen molar-refractivity contribution in [2.24, 2.45) is 4.99 Å². The second kappa shape index (κ2) is 10.5. The zero-order valence-electron chi connectivity index (χ0n) is 18.7. The maximum atomic E-state index is 12.9. The fraction of sp³-hybridized carbons (Fsp3) is 0.455. The highest BCUT2D eigenvalue weighted by Gasteiger charge is 2.27. The third kappa shape index (κ3) is 7.08. The van der Waals surface area contributed by atoms with Crippen molar-refractivity contribution in [3.63, 3.8) is 0 Å². The summed E-state index contributed by atoms with van der Waals surface area (Å²) in [4.78, 5) is 37.7. The van der Waals surface area contributed by atoms with Crippen molar-refractivity contribution < 1.29 is 14.3 Å². The highest BCUT2D eigenvalue weighted by atomic mass is 16.6. The molecule has 1 atom stereocenters. The number of esters is 1. The summed E-state index contributed by atoms with van der Waals surface area (Å²) in [5.41, 5.74) is 7.11. The molecule has 2 aromatic rings. The number of isocyanates is 1. The average Bonchev–Trinajstić information content (AvgIpc) is 2.71. The van der Waals surface area contributed by atoms with E-state index in [9.17, 15) is 9.59 Å². The number of hydrogen-bond donors (Lipinski definition) is 2. The Hall–Kier alpha value is -3.45. The first-order chi connectivity index (χ1) is 14.7. The average molecular weight is 427 g/mol. The molecule has 0 fully saturated rings. The monoisotopic (exact) mass is 426 g/mol. The molecule has 0 aliphatic carbocycles. The van der Waals surface area contributed by atoms with Crippen molar-refractivity contribution in [1.29, 1.82) is 0 Å². The van der Waals surface area contributed by atoms with Gasteiger partial charge in [0, 0.05) is 19.5 Å². The van der Waals surface area contributed by atoms with E-state index >= 15 is 0 Å². The normalized spacial score (nSPS) is 11.9. The van der Waals surface area contributed by atoms with Crippen LogP contribution in [0.2, 0.25) is 0 Å². The molecule has 166 valence electrons. The molecule has 2 rings (SSSR count). The fourth-order valence-corrected chi connectivity index (χ4v) is 2.88.